The first-order chi connectivity index (χ1) is 28.2. The van der Waals surface area contributed by atoms with Crippen LogP contribution in [-0.2, 0) is 0 Å². The number of para-hydroxylation sites is 2. The van der Waals surface area contributed by atoms with Gasteiger partial charge in [-0.25, -0.2) is 15.0 Å². The topological polar surface area (TPSA) is 51.8 Å². The van der Waals surface area contributed by atoms with E-state index in [1.165, 1.54) is 51.5 Å². The standard InChI is InChI=1S/C51H29N3OS2/c1-3-12-30(13-4-1)49-52-50(31-14-5-2-6-15-31)54-51(53-49)40-22-11-20-38-37-19-9-17-34(46(37)55-47(38)40)32-24-27-45-42(28-32)39-21-10-18-35(48(39)57-45)33-25-26-44-41(29-33)36-16-7-8-23-43(36)56-44/h1-29H. The van der Waals surface area contributed by atoms with E-state index < -0.39 is 0 Å². The van der Waals surface area contributed by atoms with Crippen LogP contribution in [0.4, 0.5) is 0 Å². The van der Waals surface area contributed by atoms with Gasteiger partial charge in [-0.2, -0.15) is 0 Å². The Labute approximate surface area is 335 Å². The van der Waals surface area contributed by atoms with Gasteiger partial charge in [0.05, 0.1) is 5.56 Å². The number of rotatable bonds is 5. The van der Waals surface area contributed by atoms with Crippen molar-refractivity contribution in [2.75, 3.05) is 0 Å². The van der Waals surface area contributed by atoms with Crippen LogP contribution in [0.1, 0.15) is 0 Å². The number of fused-ring (bicyclic) bond motifs is 9. The van der Waals surface area contributed by atoms with Gasteiger partial charge in [0.15, 0.2) is 17.5 Å². The average Bonchev–Trinajstić information content (AvgIpc) is 3.98. The highest BCUT2D eigenvalue weighted by Crippen LogP contribution is 2.45. The van der Waals surface area contributed by atoms with Gasteiger partial charge in [-0.15, -0.1) is 22.7 Å². The van der Waals surface area contributed by atoms with Crippen molar-refractivity contribution in [2.24, 2.45) is 0 Å². The van der Waals surface area contributed by atoms with Crippen molar-refractivity contribution >= 4 is 85.0 Å². The summed E-state index contributed by atoms with van der Waals surface area (Å²) in [6.45, 7) is 0. The highest BCUT2D eigenvalue weighted by molar-refractivity contribution is 7.26. The summed E-state index contributed by atoms with van der Waals surface area (Å²) in [5, 5.41) is 7.23. The Kier molecular flexibility index (Phi) is 7.24. The summed E-state index contributed by atoms with van der Waals surface area (Å²) in [5.74, 6) is 1.81. The van der Waals surface area contributed by atoms with Crippen molar-refractivity contribution < 1.29 is 4.42 Å². The zero-order chi connectivity index (χ0) is 37.5. The molecule has 0 aliphatic carbocycles. The van der Waals surface area contributed by atoms with E-state index in [-0.39, 0.29) is 0 Å². The molecule has 0 N–H and O–H groups in total. The van der Waals surface area contributed by atoms with Crippen LogP contribution in [0.5, 0.6) is 0 Å². The number of furan rings is 1. The number of benzene rings is 8. The molecule has 12 aromatic rings. The molecular weight excluding hydrogens is 735 g/mol. The Balaban J connectivity index is 1.00. The lowest BCUT2D eigenvalue weighted by Crippen LogP contribution is -2.00. The SMILES string of the molecule is c1ccc(-c2nc(-c3ccccc3)nc(-c3cccc4c3oc3c(-c5ccc6sc7c(-c8ccc9sc%10ccccc%10c9c8)cccc7c6c5)cccc34)n2)cc1. The van der Waals surface area contributed by atoms with Gasteiger partial charge in [-0.3, -0.25) is 0 Å². The maximum absolute atomic E-state index is 6.93. The van der Waals surface area contributed by atoms with Gasteiger partial charge < -0.3 is 4.42 Å². The fourth-order valence-corrected chi connectivity index (χ4v) is 10.5. The van der Waals surface area contributed by atoms with Crippen molar-refractivity contribution in [2.45, 2.75) is 0 Å². The van der Waals surface area contributed by atoms with E-state index in [9.17, 15) is 0 Å². The normalized spacial score (nSPS) is 11.9. The maximum Gasteiger partial charge on any atom is 0.167 e. The van der Waals surface area contributed by atoms with Gasteiger partial charge >= 0.3 is 0 Å². The van der Waals surface area contributed by atoms with Gasteiger partial charge in [0, 0.05) is 67.8 Å². The van der Waals surface area contributed by atoms with E-state index in [1.807, 2.05) is 89.4 Å². The Morgan fingerprint density at radius 1 is 0.316 bits per heavy atom. The lowest BCUT2D eigenvalue weighted by Gasteiger charge is -2.08. The van der Waals surface area contributed by atoms with Crippen LogP contribution in [0.2, 0.25) is 0 Å². The summed E-state index contributed by atoms with van der Waals surface area (Å²) < 4.78 is 12.2. The minimum Gasteiger partial charge on any atom is -0.455 e. The fraction of sp³-hybridized carbons (Fsp3) is 0. The number of hydrogen-bond donors (Lipinski definition) is 0. The second-order valence-corrected chi connectivity index (χ2v) is 16.4. The summed E-state index contributed by atoms with van der Waals surface area (Å²) in [5.41, 5.74) is 8.96. The Morgan fingerprint density at radius 2 is 0.807 bits per heavy atom. The molecule has 0 bridgehead atoms. The van der Waals surface area contributed by atoms with E-state index in [1.54, 1.807) is 0 Å². The van der Waals surface area contributed by atoms with E-state index in [4.69, 9.17) is 19.4 Å². The van der Waals surface area contributed by atoms with Crippen LogP contribution in [0.25, 0.3) is 119 Å². The van der Waals surface area contributed by atoms with Gasteiger partial charge in [0.2, 0.25) is 0 Å². The number of thiophene rings is 2. The number of aromatic nitrogens is 3. The average molecular weight is 764 g/mol. The molecule has 0 saturated heterocycles. The molecule has 4 heterocycles. The molecule has 4 nitrogen and oxygen atoms in total. The third-order valence-corrected chi connectivity index (χ3v) is 13.3. The first-order valence-corrected chi connectivity index (χ1v) is 20.6. The Bertz CT molecular complexity index is 3470. The second kappa shape index (κ2) is 12.8. The summed E-state index contributed by atoms with van der Waals surface area (Å²) in [7, 11) is 0. The highest BCUT2D eigenvalue weighted by Gasteiger charge is 2.20. The van der Waals surface area contributed by atoms with Crippen LogP contribution in [-0.4, -0.2) is 15.0 Å². The quantitative estimate of drug-likeness (QED) is 0.175. The fourth-order valence-electron chi connectivity index (χ4n) is 8.24. The molecule has 0 aliphatic rings. The number of nitrogens with zero attached hydrogens (tertiary/aromatic N) is 3. The molecule has 0 unspecified atom stereocenters. The molecule has 12 rings (SSSR count). The van der Waals surface area contributed by atoms with Gasteiger partial charge in [0.25, 0.3) is 0 Å². The van der Waals surface area contributed by atoms with E-state index in [0.29, 0.717) is 17.5 Å². The largest absolute Gasteiger partial charge is 0.455 e. The van der Waals surface area contributed by atoms with Gasteiger partial charge in [0.1, 0.15) is 11.2 Å². The first-order valence-electron chi connectivity index (χ1n) is 18.9. The van der Waals surface area contributed by atoms with Crippen molar-refractivity contribution in [3.05, 3.63) is 176 Å². The lowest BCUT2D eigenvalue weighted by molar-refractivity contribution is 0.670. The van der Waals surface area contributed by atoms with Crippen molar-refractivity contribution in [3.63, 3.8) is 0 Å². The van der Waals surface area contributed by atoms with E-state index in [0.717, 1.165) is 49.8 Å². The van der Waals surface area contributed by atoms with Crippen LogP contribution in [0.15, 0.2) is 180 Å². The van der Waals surface area contributed by atoms with Crippen LogP contribution < -0.4 is 0 Å². The van der Waals surface area contributed by atoms with Gasteiger partial charge in [-0.05, 0) is 53.1 Å². The number of hydrogen-bond acceptors (Lipinski definition) is 6. The molecule has 0 spiro atoms. The van der Waals surface area contributed by atoms with Crippen molar-refractivity contribution in [1.29, 1.82) is 0 Å². The molecule has 57 heavy (non-hydrogen) atoms. The Morgan fingerprint density at radius 3 is 1.51 bits per heavy atom. The lowest BCUT2D eigenvalue weighted by atomic mass is 9.98. The molecular formula is C51H29N3OS2. The second-order valence-electron chi connectivity index (χ2n) is 14.3. The minimum atomic E-state index is 0.571. The molecule has 0 radical (unpaired) electrons. The summed E-state index contributed by atoms with van der Waals surface area (Å²) in [6.07, 6.45) is 0. The van der Waals surface area contributed by atoms with Crippen LogP contribution in [0.3, 0.4) is 0 Å². The van der Waals surface area contributed by atoms with E-state index >= 15 is 0 Å². The monoisotopic (exact) mass is 763 g/mol. The molecule has 4 aromatic heterocycles. The van der Waals surface area contributed by atoms with E-state index in [2.05, 4.69) is 109 Å². The predicted molar refractivity (Wildman–Crippen MR) is 240 cm³/mol. The van der Waals surface area contributed by atoms with Crippen LogP contribution in [0, 0.1) is 0 Å². The van der Waals surface area contributed by atoms with Gasteiger partial charge in [-0.1, -0.05) is 140 Å². The zero-order valence-corrected chi connectivity index (χ0v) is 31.9. The third kappa shape index (κ3) is 5.22. The van der Waals surface area contributed by atoms with Crippen molar-refractivity contribution in [3.8, 4) is 56.4 Å². The molecule has 266 valence electrons. The minimum absolute atomic E-state index is 0.571. The highest BCUT2D eigenvalue weighted by atomic mass is 32.1. The third-order valence-electron chi connectivity index (χ3n) is 11.0. The Hall–Kier alpha value is -6.99. The summed E-state index contributed by atoms with van der Waals surface area (Å²) in [6, 6.07) is 62.0. The zero-order valence-electron chi connectivity index (χ0n) is 30.3. The smallest absolute Gasteiger partial charge is 0.167 e. The summed E-state index contributed by atoms with van der Waals surface area (Å²) in [4.78, 5) is 15.0. The molecule has 8 aromatic carbocycles. The molecule has 6 heteroatoms. The molecule has 0 fully saturated rings. The van der Waals surface area contributed by atoms with Crippen LogP contribution >= 0.6 is 22.7 Å². The maximum atomic E-state index is 6.93. The first kappa shape index (κ1) is 32.3. The predicted octanol–water partition coefficient (Wildman–Crippen LogP) is 14.8. The van der Waals surface area contributed by atoms with Crippen molar-refractivity contribution in [1.82, 2.24) is 15.0 Å². The summed E-state index contributed by atoms with van der Waals surface area (Å²) >= 11 is 3.72. The molecule has 0 aliphatic heterocycles. The molecule has 0 amide bonds. The molecule has 0 saturated carbocycles. The molecule has 0 atom stereocenters.